The predicted molar refractivity (Wildman–Crippen MR) is 84.6 cm³/mol. The maximum Gasteiger partial charge on any atom is 0.416 e. The van der Waals surface area contributed by atoms with Crippen molar-refractivity contribution in [1.29, 1.82) is 0 Å². The van der Waals surface area contributed by atoms with Crippen molar-refractivity contribution in [3.05, 3.63) is 35.4 Å². The van der Waals surface area contributed by atoms with E-state index >= 15 is 0 Å². The Balaban J connectivity index is 1.96. The molecule has 5 nitrogen and oxygen atoms in total. The zero-order valence-corrected chi connectivity index (χ0v) is 13.9. The van der Waals surface area contributed by atoms with Crippen molar-refractivity contribution in [2.75, 3.05) is 19.6 Å². The van der Waals surface area contributed by atoms with Crippen LogP contribution in [0.15, 0.2) is 24.3 Å². The highest BCUT2D eigenvalue weighted by Gasteiger charge is 2.41. The first kappa shape index (κ1) is 19.2. The second kappa shape index (κ2) is 7.43. The quantitative estimate of drug-likeness (QED) is 0.861. The average molecular weight is 358 g/mol. The molecule has 25 heavy (non-hydrogen) atoms. The summed E-state index contributed by atoms with van der Waals surface area (Å²) in [6.07, 6.45) is -3.76. The molecule has 1 atom stereocenters. The van der Waals surface area contributed by atoms with E-state index in [2.05, 4.69) is 5.32 Å². The first-order chi connectivity index (χ1) is 11.6. The molecule has 1 saturated heterocycles. The standard InChI is InChI=1S/C17H21F3N2O3/c1-12(23)22-10-4-8-16(25,11-22)15(24)21-9-7-13-5-2-3-6-14(13)17(18,19)20/h2-3,5-6,25H,4,7-11H2,1H3,(H,21,24)/t16-/m1/s1. The van der Waals surface area contributed by atoms with Crippen LogP contribution in [0.25, 0.3) is 0 Å². The molecule has 1 aliphatic heterocycles. The number of nitrogens with zero attached hydrogens (tertiary/aromatic N) is 1. The Labute approximate surface area is 143 Å². The average Bonchev–Trinajstić information content (AvgIpc) is 2.54. The van der Waals surface area contributed by atoms with E-state index in [4.69, 9.17) is 0 Å². The summed E-state index contributed by atoms with van der Waals surface area (Å²) in [4.78, 5) is 25.0. The minimum atomic E-state index is -4.45. The van der Waals surface area contributed by atoms with Gasteiger partial charge in [0.15, 0.2) is 5.60 Å². The summed E-state index contributed by atoms with van der Waals surface area (Å²) < 4.78 is 38.8. The number of halogens is 3. The molecule has 1 heterocycles. The van der Waals surface area contributed by atoms with E-state index in [1.54, 1.807) is 0 Å². The maximum absolute atomic E-state index is 12.9. The summed E-state index contributed by atoms with van der Waals surface area (Å²) >= 11 is 0. The summed E-state index contributed by atoms with van der Waals surface area (Å²) in [6, 6.07) is 5.18. The molecule has 0 aromatic heterocycles. The molecule has 0 saturated carbocycles. The van der Waals surface area contributed by atoms with Crippen LogP contribution in [0.4, 0.5) is 13.2 Å². The van der Waals surface area contributed by atoms with Crippen molar-refractivity contribution in [3.63, 3.8) is 0 Å². The predicted octanol–water partition coefficient (Wildman–Crippen LogP) is 1.74. The number of nitrogens with one attached hydrogen (secondary N) is 1. The minimum Gasteiger partial charge on any atom is -0.378 e. The van der Waals surface area contributed by atoms with Crippen LogP contribution in [0.5, 0.6) is 0 Å². The lowest BCUT2D eigenvalue weighted by Gasteiger charge is -2.37. The van der Waals surface area contributed by atoms with Crippen molar-refractivity contribution < 1.29 is 27.9 Å². The highest BCUT2D eigenvalue weighted by molar-refractivity contribution is 5.86. The summed E-state index contributed by atoms with van der Waals surface area (Å²) in [6.45, 7) is 1.70. The van der Waals surface area contributed by atoms with E-state index in [1.165, 1.54) is 30.0 Å². The molecule has 2 amide bonds. The lowest BCUT2D eigenvalue weighted by atomic mass is 9.91. The second-order valence-electron chi connectivity index (χ2n) is 6.24. The Kier molecular flexibility index (Phi) is 5.72. The number of β-amino-alcohol motifs (C(OH)–C–C–N with tert-alkyl or cyclic N) is 1. The smallest absolute Gasteiger partial charge is 0.378 e. The van der Waals surface area contributed by atoms with Crippen molar-refractivity contribution in [3.8, 4) is 0 Å². The summed E-state index contributed by atoms with van der Waals surface area (Å²) in [5, 5.41) is 12.9. The lowest BCUT2D eigenvalue weighted by molar-refractivity contribution is -0.150. The fourth-order valence-electron chi connectivity index (χ4n) is 2.98. The normalized spacial score (nSPS) is 21.1. The number of amides is 2. The third-order valence-electron chi connectivity index (χ3n) is 4.34. The maximum atomic E-state index is 12.9. The van der Waals surface area contributed by atoms with E-state index in [-0.39, 0.29) is 37.4 Å². The fourth-order valence-corrected chi connectivity index (χ4v) is 2.98. The number of likely N-dealkylation sites (tertiary alicyclic amines) is 1. The molecule has 0 radical (unpaired) electrons. The molecule has 2 N–H and O–H groups in total. The topological polar surface area (TPSA) is 69.6 Å². The molecular formula is C17H21F3N2O3. The molecule has 1 aromatic carbocycles. The molecule has 8 heteroatoms. The summed E-state index contributed by atoms with van der Waals surface area (Å²) in [7, 11) is 0. The zero-order valence-electron chi connectivity index (χ0n) is 13.9. The van der Waals surface area contributed by atoms with E-state index in [9.17, 15) is 27.9 Å². The van der Waals surface area contributed by atoms with Crippen LogP contribution >= 0.6 is 0 Å². The zero-order chi connectivity index (χ0) is 18.7. The van der Waals surface area contributed by atoms with Gasteiger partial charge in [0, 0.05) is 20.0 Å². The van der Waals surface area contributed by atoms with E-state index in [0.29, 0.717) is 13.0 Å². The van der Waals surface area contributed by atoms with Crippen LogP contribution in [-0.4, -0.2) is 47.1 Å². The Morgan fingerprint density at radius 1 is 1.32 bits per heavy atom. The van der Waals surface area contributed by atoms with Gasteiger partial charge in [0.1, 0.15) is 0 Å². The van der Waals surface area contributed by atoms with Gasteiger partial charge in [-0.3, -0.25) is 9.59 Å². The van der Waals surface area contributed by atoms with Crippen molar-refractivity contribution in [2.45, 2.75) is 38.0 Å². The summed E-state index contributed by atoms with van der Waals surface area (Å²) in [5.74, 6) is -0.895. The second-order valence-corrected chi connectivity index (χ2v) is 6.24. The van der Waals surface area contributed by atoms with Gasteiger partial charge < -0.3 is 15.3 Å². The van der Waals surface area contributed by atoms with Crippen molar-refractivity contribution in [1.82, 2.24) is 10.2 Å². The Hall–Kier alpha value is -2.09. The highest BCUT2D eigenvalue weighted by Crippen LogP contribution is 2.32. The van der Waals surface area contributed by atoms with Gasteiger partial charge in [0.25, 0.3) is 5.91 Å². The Morgan fingerprint density at radius 2 is 2.00 bits per heavy atom. The third kappa shape index (κ3) is 4.72. The number of rotatable bonds is 4. The van der Waals surface area contributed by atoms with E-state index in [0.717, 1.165) is 6.07 Å². The molecule has 1 aromatic rings. The minimum absolute atomic E-state index is 0.00603. The largest absolute Gasteiger partial charge is 0.416 e. The van der Waals surface area contributed by atoms with Gasteiger partial charge in [0.05, 0.1) is 12.1 Å². The number of alkyl halides is 3. The summed E-state index contributed by atoms with van der Waals surface area (Å²) in [5.41, 5.74) is -2.35. The van der Waals surface area contributed by atoms with Gasteiger partial charge in [-0.2, -0.15) is 13.2 Å². The van der Waals surface area contributed by atoms with Gasteiger partial charge >= 0.3 is 6.18 Å². The number of hydrogen-bond acceptors (Lipinski definition) is 3. The third-order valence-corrected chi connectivity index (χ3v) is 4.34. The fraction of sp³-hybridized carbons (Fsp3) is 0.529. The molecule has 0 aliphatic carbocycles. The Morgan fingerprint density at radius 3 is 2.64 bits per heavy atom. The SMILES string of the molecule is CC(=O)N1CCC[C@](O)(C(=O)NCCc2ccccc2C(F)(F)F)C1. The van der Waals surface area contributed by atoms with Crippen molar-refractivity contribution >= 4 is 11.8 Å². The molecule has 0 unspecified atom stereocenters. The van der Waals surface area contributed by atoms with Crippen LogP contribution in [0, 0.1) is 0 Å². The van der Waals surface area contributed by atoms with Crippen LogP contribution in [0.1, 0.15) is 30.9 Å². The number of carbonyl (C=O) groups is 2. The van der Waals surface area contributed by atoms with Gasteiger partial charge in [-0.25, -0.2) is 0 Å². The van der Waals surface area contributed by atoms with Gasteiger partial charge in [-0.15, -0.1) is 0 Å². The van der Waals surface area contributed by atoms with Crippen LogP contribution in [0.2, 0.25) is 0 Å². The molecule has 0 spiro atoms. The number of hydrogen-bond donors (Lipinski definition) is 2. The first-order valence-corrected chi connectivity index (χ1v) is 8.05. The molecule has 138 valence electrons. The van der Waals surface area contributed by atoms with Gasteiger partial charge in [-0.1, -0.05) is 18.2 Å². The highest BCUT2D eigenvalue weighted by atomic mass is 19.4. The van der Waals surface area contributed by atoms with E-state index in [1.807, 2.05) is 0 Å². The molecular weight excluding hydrogens is 337 g/mol. The molecule has 0 bridgehead atoms. The monoisotopic (exact) mass is 358 g/mol. The van der Waals surface area contributed by atoms with Gasteiger partial charge in [-0.05, 0) is 30.9 Å². The molecule has 1 aliphatic rings. The van der Waals surface area contributed by atoms with E-state index < -0.39 is 23.2 Å². The van der Waals surface area contributed by atoms with Crippen LogP contribution in [-0.2, 0) is 22.2 Å². The Bertz CT molecular complexity index is 648. The molecule has 2 rings (SSSR count). The number of aliphatic hydroxyl groups is 1. The van der Waals surface area contributed by atoms with Crippen molar-refractivity contribution in [2.24, 2.45) is 0 Å². The van der Waals surface area contributed by atoms with Crippen LogP contribution in [0.3, 0.4) is 0 Å². The first-order valence-electron chi connectivity index (χ1n) is 8.05. The van der Waals surface area contributed by atoms with Crippen LogP contribution < -0.4 is 5.32 Å². The van der Waals surface area contributed by atoms with Gasteiger partial charge in [0.2, 0.25) is 5.91 Å². The molecule has 1 fully saturated rings. The number of benzene rings is 1. The number of carbonyl (C=O) groups excluding carboxylic acids is 2. The number of piperidine rings is 1. The lowest BCUT2D eigenvalue weighted by Crippen LogP contribution is -2.58.